The summed E-state index contributed by atoms with van der Waals surface area (Å²) in [6, 6.07) is 1.60. The molecule has 14 heavy (non-hydrogen) atoms. The average molecular weight is 262 g/mol. The minimum atomic E-state index is -0.370. The van der Waals surface area contributed by atoms with E-state index < -0.39 is 0 Å². The van der Waals surface area contributed by atoms with E-state index in [-0.39, 0.29) is 5.97 Å². The molecule has 0 radical (unpaired) electrons. The number of carbonyl (C=O) groups excluding carboxylic acids is 1. The smallest absolute Gasteiger partial charge is 0.341 e. The number of rotatable bonds is 4. The lowest BCUT2D eigenvalue weighted by atomic mass is 10.2. The Hall–Kier alpha value is -0.810. The summed E-state index contributed by atoms with van der Waals surface area (Å²) < 4.78 is 10.6. The molecule has 0 spiro atoms. The molecule has 5 heteroatoms. The van der Waals surface area contributed by atoms with Gasteiger partial charge >= 0.3 is 5.97 Å². The van der Waals surface area contributed by atoms with Crippen molar-refractivity contribution in [3.05, 3.63) is 22.1 Å². The van der Waals surface area contributed by atoms with E-state index in [4.69, 9.17) is 14.9 Å². The summed E-state index contributed by atoms with van der Waals surface area (Å²) in [7, 11) is 0. The lowest BCUT2D eigenvalue weighted by Gasteiger charge is -2.00. The van der Waals surface area contributed by atoms with Gasteiger partial charge in [0.05, 0.1) is 6.61 Å². The average Bonchev–Trinajstić information content (AvgIpc) is 2.48. The Morgan fingerprint density at radius 1 is 1.71 bits per heavy atom. The first-order valence-electron chi connectivity index (χ1n) is 4.34. The van der Waals surface area contributed by atoms with Crippen molar-refractivity contribution in [1.29, 1.82) is 0 Å². The van der Waals surface area contributed by atoms with E-state index in [1.54, 1.807) is 13.0 Å². The van der Waals surface area contributed by atoms with Crippen molar-refractivity contribution in [1.82, 2.24) is 0 Å². The molecule has 1 heterocycles. The molecule has 0 amide bonds. The third kappa shape index (κ3) is 2.59. The predicted molar refractivity (Wildman–Crippen MR) is 55.1 cm³/mol. The van der Waals surface area contributed by atoms with Gasteiger partial charge in [-0.15, -0.1) is 0 Å². The highest BCUT2D eigenvalue weighted by Crippen LogP contribution is 2.21. The van der Waals surface area contributed by atoms with Gasteiger partial charge in [0.15, 0.2) is 4.67 Å². The van der Waals surface area contributed by atoms with Crippen LogP contribution in [-0.2, 0) is 11.2 Å². The van der Waals surface area contributed by atoms with Gasteiger partial charge in [-0.05, 0) is 29.4 Å². The van der Waals surface area contributed by atoms with E-state index in [1.165, 1.54) is 0 Å². The maximum atomic E-state index is 11.4. The molecule has 0 atom stereocenters. The Bertz CT molecular complexity index is 322. The van der Waals surface area contributed by atoms with E-state index in [1.807, 2.05) is 0 Å². The van der Waals surface area contributed by atoms with E-state index in [0.717, 1.165) is 0 Å². The van der Waals surface area contributed by atoms with Crippen molar-refractivity contribution < 1.29 is 13.9 Å². The molecule has 0 bridgehead atoms. The number of hydrogen-bond donors (Lipinski definition) is 1. The van der Waals surface area contributed by atoms with Gasteiger partial charge in [0, 0.05) is 12.5 Å². The van der Waals surface area contributed by atoms with Gasteiger partial charge in [-0.1, -0.05) is 0 Å². The molecular weight excluding hydrogens is 250 g/mol. The first kappa shape index (κ1) is 11.3. The van der Waals surface area contributed by atoms with Crippen LogP contribution in [0.4, 0.5) is 0 Å². The summed E-state index contributed by atoms with van der Waals surface area (Å²) >= 11 is 3.16. The van der Waals surface area contributed by atoms with Gasteiger partial charge in [0.25, 0.3) is 0 Å². The molecule has 0 saturated heterocycles. The number of halogens is 1. The molecule has 0 aliphatic carbocycles. The number of nitrogens with two attached hydrogens (primary N) is 1. The highest BCUT2D eigenvalue weighted by atomic mass is 79.9. The van der Waals surface area contributed by atoms with Gasteiger partial charge < -0.3 is 14.9 Å². The quantitative estimate of drug-likeness (QED) is 0.839. The molecule has 0 aliphatic heterocycles. The van der Waals surface area contributed by atoms with E-state index in [0.29, 0.717) is 35.6 Å². The molecule has 4 nitrogen and oxygen atoms in total. The molecule has 1 aromatic rings. The Morgan fingerprint density at radius 3 is 3.00 bits per heavy atom. The Morgan fingerprint density at radius 2 is 2.43 bits per heavy atom. The lowest BCUT2D eigenvalue weighted by Crippen LogP contribution is -2.09. The Kier molecular flexibility index (Phi) is 4.16. The van der Waals surface area contributed by atoms with Crippen molar-refractivity contribution in [2.75, 3.05) is 13.2 Å². The molecule has 1 aromatic heterocycles. The highest BCUT2D eigenvalue weighted by molar-refractivity contribution is 9.10. The molecule has 1 rings (SSSR count). The van der Waals surface area contributed by atoms with Gasteiger partial charge in [-0.3, -0.25) is 0 Å². The van der Waals surface area contributed by atoms with Gasteiger partial charge in [0.2, 0.25) is 0 Å². The van der Waals surface area contributed by atoms with Crippen molar-refractivity contribution in [2.45, 2.75) is 13.3 Å². The maximum absolute atomic E-state index is 11.4. The van der Waals surface area contributed by atoms with Gasteiger partial charge in [-0.2, -0.15) is 0 Å². The highest BCUT2D eigenvalue weighted by Gasteiger charge is 2.17. The van der Waals surface area contributed by atoms with Crippen molar-refractivity contribution in [3.63, 3.8) is 0 Å². The van der Waals surface area contributed by atoms with Gasteiger partial charge in [-0.25, -0.2) is 4.79 Å². The van der Waals surface area contributed by atoms with Crippen LogP contribution in [0.15, 0.2) is 15.2 Å². The monoisotopic (exact) mass is 261 g/mol. The summed E-state index contributed by atoms with van der Waals surface area (Å²) in [5, 5.41) is 0. The lowest BCUT2D eigenvalue weighted by molar-refractivity contribution is 0.0524. The molecular formula is C9H12BrNO3. The Balaban J connectivity index is 2.88. The minimum absolute atomic E-state index is 0.351. The zero-order chi connectivity index (χ0) is 10.6. The molecule has 0 aliphatic rings. The first-order chi connectivity index (χ1) is 6.69. The molecule has 2 N–H and O–H groups in total. The zero-order valence-electron chi connectivity index (χ0n) is 7.88. The molecule has 0 fully saturated rings. The third-order valence-electron chi connectivity index (χ3n) is 1.65. The van der Waals surface area contributed by atoms with E-state index >= 15 is 0 Å². The second-order valence-electron chi connectivity index (χ2n) is 2.65. The summed E-state index contributed by atoms with van der Waals surface area (Å²) in [5.41, 5.74) is 5.83. The maximum Gasteiger partial charge on any atom is 0.341 e. The second-order valence-corrected chi connectivity index (χ2v) is 3.43. The van der Waals surface area contributed by atoms with Crippen LogP contribution >= 0.6 is 15.9 Å². The van der Waals surface area contributed by atoms with Crippen molar-refractivity contribution >= 4 is 21.9 Å². The summed E-state index contributed by atoms with van der Waals surface area (Å²) in [5.74, 6) is 0.197. The molecule has 0 saturated carbocycles. The Labute approximate surface area is 90.5 Å². The second kappa shape index (κ2) is 5.17. The van der Waals surface area contributed by atoms with Crippen molar-refractivity contribution in [2.24, 2.45) is 5.73 Å². The number of hydrogen-bond acceptors (Lipinski definition) is 4. The van der Waals surface area contributed by atoms with Crippen LogP contribution in [0.1, 0.15) is 23.0 Å². The number of ether oxygens (including phenoxy) is 1. The molecule has 0 aromatic carbocycles. The topological polar surface area (TPSA) is 65.5 Å². The standard InChI is InChI=1S/C9H12BrNO3/c1-2-13-9(12)6-5-8(10)14-7(6)3-4-11/h5H,2-4,11H2,1H3. The number of carbonyl (C=O) groups is 1. The fourth-order valence-electron chi connectivity index (χ4n) is 1.09. The summed E-state index contributed by atoms with van der Waals surface area (Å²) in [6.07, 6.45) is 0.528. The molecule has 0 unspecified atom stereocenters. The fourth-order valence-corrected chi connectivity index (χ4v) is 1.52. The van der Waals surface area contributed by atoms with E-state index in [9.17, 15) is 4.79 Å². The summed E-state index contributed by atoms with van der Waals surface area (Å²) in [6.45, 7) is 2.55. The predicted octanol–water partition coefficient (Wildman–Crippen LogP) is 1.72. The number of furan rings is 1. The summed E-state index contributed by atoms with van der Waals surface area (Å²) in [4.78, 5) is 11.4. The van der Waals surface area contributed by atoms with Crippen LogP contribution in [0.5, 0.6) is 0 Å². The van der Waals surface area contributed by atoms with Crippen LogP contribution in [0.2, 0.25) is 0 Å². The van der Waals surface area contributed by atoms with Crippen LogP contribution in [0.3, 0.4) is 0 Å². The minimum Gasteiger partial charge on any atom is -0.462 e. The first-order valence-corrected chi connectivity index (χ1v) is 5.13. The fraction of sp³-hybridized carbons (Fsp3) is 0.444. The molecule has 78 valence electrons. The van der Waals surface area contributed by atoms with Crippen LogP contribution < -0.4 is 5.73 Å². The third-order valence-corrected chi connectivity index (χ3v) is 2.04. The van der Waals surface area contributed by atoms with Crippen molar-refractivity contribution in [3.8, 4) is 0 Å². The SMILES string of the molecule is CCOC(=O)c1cc(Br)oc1CCN. The number of esters is 1. The normalized spacial score (nSPS) is 10.2. The van der Waals surface area contributed by atoms with Crippen LogP contribution in [0, 0.1) is 0 Å². The van der Waals surface area contributed by atoms with E-state index in [2.05, 4.69) is 15.9 Å². The largest absolute Gasteiger partial charge is 0.462 e. The zero-order valence-corrected chi connectivity index (χ0v) is 9.46. The van der Waals surface area contributed by atoms with Crippen LogP contribution in [-0.4, -0.2) is 19.1 Å². The van der Waals surface area contributed by atoms with Gasteiger partial charge in [0.1, 0.15) is 11.3 Å². The van der Waals surface area contributed by atoms with Crippen LogP contribution in [0.25, 0.3) is 0 Å².